The van der Waals surface area contributed by atoms with Crippen molar-refractivity contribution in [3.63, 3.8) is 0 Å². The minimum absolute atomic E-state index is 0.161. The first-order valence-corrected chi connectivity index (χ1v) is 7.27. The summed E-state index contributed by atoms with van der Waals surface area (Å²) in [7, 11) is 1.93. The molecular formula is C16H25NO2. The molecule has 1 aliphatic rings. The smallest absolute Gasteiger partial charge is 0.119 e. The van der Waals surface area contributed by atoms with Crippen molar-refractivity contribution < 1.29 is 9.84 Å². The number of hydrogen-bond donors (Lipinski definition) is 2. The molecule has 1 fully saturated rings. The van der Waals surface area contributed by atoms with Crippen molar-refractivity contribution in [1.82, 2.24) is 5.32 Å². The number of ether oxygens (including phenoxy) is 1. The van der Waals surface area contributed by atoms with Gasteiger partial charge in [-0.3, -0.25) is 0 Å². The number of aliphatic hydroxyl groups excluding tert-OH is 1. The van der Waals surface area contributed by atoms with Crippen LogP contribution in [0.25, 0.3) is 0 Å². The Balaban J connectivity index is 2.02. The Kier molecular flexibility index (Phi) is 4.83. The van der Waals surface area contributed by atoms with Crippen LogP contribution in [0.1, 0.15) is 38.2 Å². The van der Waals surface area contributed by atoms with Crippen molar-refractivity contribution in [3.8, 4) is 5.75 Å². The van der Waals surface area contributed by atoms with Gasteiger partial charge in [0.15, 0.2) is 0 Å². The van der Waals surface area contributed by atoms with E-state index in [1.807, 2.05) is 19.2 Å². The third-order valence-corrected chi connectivity index (χ3v) is 4.24. The summed E-state index contributed by atoms with van der Waals surface area (Å²) in [6, 6.07) is 8.32. The fourth-order valence-electron chi connectivity index (χ4n) is 2.89. The summed E-state index contributed by atoms with van der Waals surface area (Å²) in [4.78, 5) is 0. The molecule has 1 saturated carbocycles. The number of aryl methyl sites for hydroxylation is 1. The van der Waals surface area contributed by atoms with Crippen LogP contribution in [-0.2, 0) is 6.42 Å². The first kappa shape index (κ1) is 14.4. The van der Waals surface area contributed by atoms with Crippen LogP contribution in [-0.4, -0.2) is 30.4 Å². The van der Waals surface area contributed by atoms with Crippen molar-refractivity contribution in [2.45, 2.75) is 50.7 Å². The predicted octanol–water partition coefficient (Wildman–Crippen LogP) is 2.52. The first-order chi connectivity index (χ1) is 9.21. The van der Waals surface area contributed by atoms with Gasteiger partial charge in [-0.05, 0) is 50.4 Å². The molecule has 1 aliphatic carbocycles. The Hall–Kier alpha value is -1.06. The van der Waals surface area contributed by atoms with Crippen LogP contribution in [0, 0.1) is 0 Å². The van der Waals surface area contributed by atoms with E-state index < -0.39 is 0 Å². The average Bonchev–Trinajstić information content (AvgIpc) is 2.47. The summed E-state index contributed by atoms with van der Waals surface area (Å²) in [6.07, 6.45) is 5.28. The van der Waals surface area contributed by atoms with Gasteiger partial charge < -0.3 is 15.2 Å². The van der Waals surface area contributed by atoms with E-state index in [-0.39, 0.29) is 18.2 Å². The molecule has 0 aromatic heterocycles. The Morgan fingerprint density at radius 2 is 2.32 bits per heavy atom. The van der Waals surface area contributed by atoms with E-state index in [9.17, 15) is 5.11 Å². The molecule has 0 saturated heterocycles. The maximum Gasteiger partial charge on any atom is 0.119 e. The number of aliphatic hydroxyl groups is 1. The third kappa shape index (κ3) is 3.48. The van der Waals surface area contributed by atoms with E-state index in [0.29, 0.717) is 0 Å². The van der Waals surface area contributed by atoms with Gasteiger partial charge in [-0.25, -0.2) is 0 Å². The number of hydrogen-bond acceptors (Lipinski definition) is 3. The van der Waals surface area contributed by atoms with E-state index >= 15 is 0 Å². The largest absolute Gasteiger partial charge is 0.490 e. The molecule has 3 heteroatoms. The highest BCUT2D eigenvalue weighted by molar-refractivity contribution is 5.28. The fraction of sp³-hybridized carbons (Fsp3) is 0.625. The summed E-state index contributed by atoms with van der Waals surface area (Å²) in [5.74, 6) is 0.953. The number of nitrogens with one attached hydrogen (secondary N) is 1. The van der Waals surface area contributed by atoms with Gasteiger partial charge in [0.25, 0.3) is 0 Å². The summed E-state index contributed by atoms with van der Waals surface area (Å²) in [5, 5.41) is 12.9. The lowest BCUT2D eigenvalue weighted by atomic mass is 9.81. The number of benzene rings is 1. The molecule has 0 aliphatic heterocycles. The monoisotopic (exact) mass is 263 g/mol. The zero-order chi connectivity index (χ0) is 13.7. The normalized spacial score (nSPS) is 27.2. The molecule has 0 radical (unpaired) electrons. The van der Waals surface area contributed by atoms with Crippen LogP contribution in [0.15, 0.2) is 24.3 Å². The summed E-state index contributed by atoms with van der Waals surface area (Å²) in [6.45, 7) is 2.33. The molecule has 19 heavy (non-hydrogen) atoms. The van der Waals surface area contributed by atoms with Crippen LogP contribution in [0.5, 0.6) is 5.75 Å². The van der Waals surface area contributed by atoms with Crippen LogP contribution < -0.4 is 10.1 Å². The first-order valence-electron chi connectivity index (χ1n) is 7.27. The van der Waals surface area contributed by atoms with E-state index in [1.165, 1.54) is 5.56 Å². The highest BCUT2D eigenvalue weighted by atomic mass is 16.5. The van der Waals surface area contributed by atoms with Gasteiger partial charge in [0.05, 0.1) is 6.61 Å². The van der Waals surface area contributed by atoms with E-state index in [1.54, 1.807) is 0 Å². The van der Waals surface area contributed by atoms with Crippen LogP contribution in [0.2, 0.25) is 0 Å². The zero-order valence-electron chi connectivity index (χ0n) is 12.0. The Labute approximate surface area is 116 Å². The van der Waals surface area contributed by atoms with E-state index in [4.69, 9.17) is 4.74 Å². The molecule has 0 amide bonds. The molecule has 0 spiro atoms. The lowest BCUT2D eigenvalue weighted by molar-refractivity contribution is 0.0554. The molecule has 2 rings (SSSR count). The molecule has 2 atom stereocenters. The lowest BCUT2D eigenvalue weighted by Crippen LogP contribution is -2.52. The maximum absolute atomic E-state index is 9.59. The number of likely N-dealkylation sites (N-methyl/N-ethyl adjacent to an activating group) is 1. The summed E-state index contributed by atoms with van der Waals surface area (Å²) < 4.78 is 6.11. The lowest BCUT2D eigenvalue weighted by Gasteiger charge is -2.39. The second-order valence-electron chi connectivity index (χ2n) is 5.53. The van der Waals surface area contributed by atoms with Gasteiger partial charge in [0.1, 0.15) is 11.9 Å². The van der Waals surface area contributed by atoms with Gasteiger partial charge in [-0.1, -0.05) is 19.1 Å². The van der Waals surface area contributed by atoms with Gasteiger partial charge >= 0.3 is 0 Å². The maximum atomic E-state index is 9.59. The zero-order valence-corrected chi connectivity index (χ0v) is 12.0. The fourth-order valence-corrected chi connectivity index (χ4v) is 2.89. The summed E-state index contributed by atoms with van der Waals surface area (Å²) in [5.41, 5.74) is 1.14. The highest BCUT2D eigenvalue weighted by Crippen LogP contribution is 2.30. The Morgan fingerprint density at radius 3 is 3.00 bits per heavy atom. The van der Waals surface area contributed by atoms with Gasteiger partial charge in [0, 0.05) is 12.0 Å². The predicted molar refractivity (Wildman–Crippen MR) is 77.6 cm³/mol. The standard InChI is InChI=1S/C16H25NO2/c1-3-13-6-4-7-14(10-13)19-15-8-5-9-16(11-15,12-18)17-2/h4,6-7,10,15,17-18H,3,5,8-9,11-12H2,1-2H3. The molecule has 0 heterocycles. The van der Waals surface area contributed by atoms with Crippen molar-refractivity contribution in [1.29, 1.82) is 0 Å². The van der Waals surface area contributed by atoms with Crippen molar-refractivity contribution in [2.24, 2.45) is 0 Å². The molecule has 0 bridgehead atoms. The topological polar surface area (TPSA) is 41.5 Å². The third-order valence-electron chi connectivity index (χ3n) is 4.24. The van der Waals surface area contributed by atoms with E-state index in [0.717, 1.165) is 37.9 Å². The molecule has 3 nitrogen and oxygen atoms in total. The highest BCUT2D eigenvalue weighted by Gasteiger charge is 2.35. The molecule has 2 unspecified atom stereocenters. The van der Waals surface area contributed by atoms with Crippen LogP contribution in [0.4, 0.5) is 0 Å². The van der Waals surface area contributed by atoms with Gasteiger partial charge in [0.2, 0.25) is 0 Å². The van der Waals surface area contributed by atoms with Crippen LogP contribution in [0.3, 0.4) is 0 Å². The second kappa shape index (κ2) is 6.40. The van der Waals surface area contributed by atoms with Crippen molar-refractivity contribution in [3.05, 3.63) is 29.8 Å². The van der Waals surface area contributed by atoms with Crippen LogP contribution >= 0.6 is 0 Å². The van der Waals surface area contributed by atoms with Gasteiger partial charge in [-0.15, -0.1) is 0 Å². The Morgan fingerprint density at radius 1 is 1.47 bits per heavy atom. The average molecular weight is 263 g/mol. The molecule has 1 aromatic rings. The molecule has 1 aromatic carbocycles. The van der Waals surface area contributed by atoms with Gasteiger partial charge in [-0.2, -0.15) is 0 Å². The molecular weight excluding hydrogens is 238 g/mol. The molecule has 106 valence electrons. The van der Waals surface area contributed by atoms with E-state index in [2.05, 4.69) is 24.4 Å². The number of rotatable bonds is 5. The van der Waals surface area contributed by atoms with Crippen molar-refractivity contribution >= 4 is 0 Å². The summed E-state index contributed by atoms with van der Waals surface area (Å²) >= 11 is 0. The quantitative estimate of drug-likeness (QED) is 0.857. The minimum atomic E-state index is -0.161. The SMILES string of the molecule is CCc1cccc(OC2CCCC(CO)(NC)C2)c1. The Bertz CT molecular complexity index is 401. The second-order valence-corrected chi connectivity index (χ2v) is 5.53. The molecule has 2 N–H and O–H groups in total. The van der Waals surface area contributed by atoms with Crippen molar-refractivity contribution in [2.75, 3.05) is 13.7 Å². The minimum Gasteiger partial charge on any atom is -0.490 e.